The first kappa shape index (κ1) is 18.7. The molecular weight excluding hydrogens is 304 g/mol. The number of rotatable bonds is 4. The maximum absolute atomic E-state index is 12.8. The SMILES string of the molecule is COC(=O)C1(C(C)=O)C(OC)CCCC1c1c(C)cc(C)cc1C. The van der Waals surface area contributed by atoms with Crippen LogP contribution in [0.3, 0.4) is 0 Å². The summed E-state index contributed by atoms with van der Waals surface area (Å²) in [5.41, 5.74) is 3.22. The number of Topliss-reactive ketones (excluding diaryl/α,β-unsaturated/α-hetero) is 1. The molecule has 4 nitrogen and oxygen atoms in total. The zero-order valence-corrected chi connectivity index (χ0v) is 15.6. The van der Waals surface area contributed by atoms with Gasteiger partial charge >= 0.3 is 5.97 Å². The van der Waals surface area contributed by atoms with Crippen LogP contribution in [0.25, 0.3) is 0 Å². The number of hydrogen-bond acceptors (Lipinski definition) is 4. The van der Waals surface area contributed by atoms with Crippen LogP contribution >= 0.6 is 0 Å². The molecule has 1 fully saturated rings. The van der Waals surface area contributed by atoms with Gasteiger partial charge in [0.25, 0.3) is 0 Å². The van der Waals surface area contributed by atoms with E-state index in [1.807, 2.05) is 13.8 Å². The highest BCUT2D eigenvalue weighted by molar-refractivity contribution is 6.05. The fourth-order valence-electron chi connectivity index (χ4n) is 4.66. The Labute approximate surface area is 144 Å². The zero-order valence-electron chi connectivity index (χ0n) is 15.6. The molecule has 4 heteroatoms. The van der Waals surface area contributed by atoms with Gasteiger partial charge in [-0.3, -0.25) is 9.59 Å². The monoisotopic (exact) mass is 332 g/mol. The minimum Gasteiger partial charge on any atom is -0.468 e. The first-order valence-electron chi connectivity index (χ1n) is 8.50. The maximum Gasteiger partial charge on any atom is 0.322 e. The van der Waals surface area contributed by atoms with Gasteiger partial charge in [0.1, 0.15) is 5.78 Å². The second kappa shape index (κ2) is 7.06. The van der Waals surface area contributed by atoms with Gasteiger partial charge in [0, 0.05) is 13.0 Å². The molecule has 132 valence electrons. The van der Waals surface area contributed by atoms with E-state index in [2.05, 4.69) is 19.1 Å². The molecule has 1 aliphatic rings. The lowest BCUT2D eigenvalue weighted by atomic mass is 9.59. The number of ketones is 1. The number of benzene rings is 1. The fraction of sp³-hybridized carbons (Fsp3) is 0.600. The van der Waals surface area contributed by atoms with Crippen molar-refractivity contribution in [3.05, 3.63) is 34.4 Å². The molecule has 1 aromatic rings. The normalized spacial score (nSPS) is 26.9. The molecule has 2 rings (SSSR count). The van der Waals surface area contributed by atoms with Crippen molar-refractivity contribution >= 4 is 11.8 Å². The molecule has 0 N–H and O–H groups in total. The number of hydrogen-bond donors (Lipinski definition) is 0. The molecular formula is C20H28O4. The molecule has 0 aromatic heterocycles. The third-order valence-electron chi connectivity index (χ3n) is 5.49. The Hall–Kier alpha value is -1.68. The van der Waals surface area contributed by atoms with Crippen molar-refractivity contribution in [2.24, 2.45) is 5.41 Å². The van der Waals surface area contributed by atoms with E-state index in [9.17, 15) is 9.59 Å². The molecule has 0 spiro atoms. The minimum atomic E-state index is -1.27. The van der Waals surface area contributed by atoms with Crippen LogP contribution in [-0.4, -0.2) is 32.1 Å². The Bertz CT molecular complexity index is 626. The molecule has 0 aliphatic heterocycles. The molecule has 0 heterocycles. The van der Waals surface area contributed by atoms with Gasteiger partial charge in [-0.15, -0.1) is 0 Å². The van der Waals surface area contributed by atoms with Crippen molar-refractivity contribution < 1.29 is 19.1 Å². The van der Waals surface area contributed by atoms with E-state index in [1.54, 1.807) is 7.11 Å². The number of esters is 1. The highest BCUT2D eigenvalue weighted by Crippen LogP contribution is 2.51. The largest absolute Gasteiger partial charge is 0.468 e. The van der Waals surface area contributed by atoms with E-state index in [-0.39, 0.29) is 11.7 Å². The topological polar surface area (TPSA) is 52.6 Å². The van der Waals surface area contributed by atoms with Crippen LogP contribution in [0.2, 0.25) is 0 Å². The molecule has 3 atom stereocenters. The summed E-state index contributed by atoms with van der Waals surface area (Å²) in [5.74, 6) is -0.877. The summed E-state index contributed by atoms with van der Waals surface area (Å²) in [7, 11) is 2.92. The van der Waals surface area contributed by atoms with Crippen molar-refractivity contribution in [2.45, 2.75) is 59.0 Å². The Balaban J connectivity index is 2.74. The molecule has 0 amide bonds. The van der Waals surface area contributed by atoms with Crippen LogP contribution in [0.5, 0.6) is 0 Å². The average molecular weight is 332 g/mol. The zero-order chi connectivity index (χ0) is 18.1. The lowest BCUT2D eigenvalue weighted by Crippen LogP contribution is -2.55. The second-order valence-corrected chi connectivity index (χ2v) is 6.94. The van der Waals surface area contributed by atoms with Crippen LogP contribution in [-0.2, 0) is 19.1 Å². The molecule has 1 aromatic carbocycles. The van der Waals surface area contributed by atoms with Gasteiger partial charge in [0.2, 0.25) is 0 Å². The van der Waals surface area contributed by atoms with Gasteiger partial charge in [-0.25, -0.2) is 0 Å². The summed E-state index contributed by atoms with van der Waals surface area (Å²) in [6.45, 7) is 7.64. The van der Waals surface area contributed by atoms with E-state index < -0.39 is 17.5 Å². The van der Waals surface area contributed by atoms with E-state index >= 15 is 0 Å². The van der Waals surface area contributed by atoms with E-state index in [1.165, 1.54) is 19.6 Å². The van der Waals surface area contributed by atoms with Crippen LogP contribution in [0.1, 0.15) is 54.4 Å². The predicted molar refractivity (Wildman–Crippen MR) is 93.2 cm³/mol. The Morgan fingerprint density at radius 2 is 1.67 bits per heavy atom. The Morgan fingerprint density at radius 3 is 2.12 bits per heavy atom. The van der Waals surface area contributed by atoms with Gasteiger partial charge < -0.3 is 9.47 Å². The lowest BCUT2D eigenvalue weighted by molar-refractivity contribution is -0.173. The van der Waals surface area contributed by atoms with Crippen molar-refractivity contribution in [1.29, 1.82) is 0 Å². The molecule has 0 saturated heterocycles. The minimum absolute atomic E-state index is 0.176. The third kappa shape index (κ3) is 2.77. The number of methoxy groups -OCH3 is 2. The van der Waals surface area contributed by atoms with Crippen LogP contribution < -0.4 is 0 Å². The molecule has 1 saturated carbocycles. The highest BCUT2D eigenvalue weighted by Gasteiger charge is 2.59. The first-order valence-corrected chi connectivity index (χ1v) is 8.50. The summed E-state index contributed by atoms with van der Waals surface area (Å²) in [5, 5.41) is 0. The summed E-state index contributed by atoms with van der Waals surface area (Å²) < 4.78 is 10.7. The second-order valence-electron chi connectivity index (χ2n) is 6.94. The van der Waals surface area contributed by atoms with E-state index in [0.29, 0.717) is 6.42 Å². The van der Waals surface area contributed by atoms with Gasteiger partial charge in [0.15, 0.2) is 5.41 Å². The van der Waals surface area contributed by atoms with Crippen molar-refractivity contribution in [3.63, 3.8) is 0 Å². The predicted octanol–water partition coefficient (Wildman–Crippen LogP) is 3.64. The van der Waals surface area contributed by atoms with Crippen LogP contribution in [0.15, 0.2) is 12.1 Å². The van der Waals surface area contributed by atoms with Crippen molar-refractivity contribution in [2.75, 3.05) is 14.2 Å². The Morgan fingerprint density at radius 1 is 1.08 bits per heavy atom. The molecule has 1 aliphatic carbocycles. The highest BCUT2D eigenvalue weighted by atomic mass is 16.5. The van der Waals surface area contributed by atoms with E-state index in [4.69, 9.17) is 9.47 Å². The fourth-order valence-corrected chi connectivity index (χ4v) is 4.66. The Kier molecular flexibility index (Phi) is 5.49. The molecule has 0 bridgehead atoms. The van der Waals surface area contributed by atoms with Crippen molar-refractivity contribution in [1.82, 2.24) is 0 Å². The van der Waals surface area contributed by atoms with E-state index in [0.717, 1.165) is 29.5 Å². The number of carbonyl (C=O) groups excluding carboxylic acids is 2. The number of aryl methyl sites for hydroxylation is 3. The summed E-state index contributed by atoms with van der Waals surface area (Å²) >= 11 is 0. The number of ether oxygens (including phenoxy) is 2. The molecule has 3 unspecified atom stereocenters. The van der Waals surface area contributed by atoms with Crippen LogP contribution in [0.4, 0.5) is 0 Å². The average Bonchev–Trinajstić information content (AvgIpc) is 2.52. The summed E-state index contributed by atoms with van der Waals surface area (Å²) in [6, 6.07) is 4.22. The first-order chi connectivity index (χ1) is 11.3. The third-order valence-corrected chi connectivity index (χ3v) is 5.49. The standard InChI is InChI=1S/C20H28O4/c1-12-10-13(2)18(14(3)11-12)16-8-7-9-17(23-5)20(16,15(4)21)19(22)24-6/h10-11,16-17H,7-9H2,1-6H3. The molecule has 0 radical (unpaired) electrons. The summed E-state index contributed by atoms with van der Waals surface area (Å²) in [4.78, 5) is 25.6. The van der Waals surface area contributed by atoms with Gasteiger partial charge in [-0.1, -0.05) is 24.1 Å². The smallest absolute Gasteiger partial charge is 0.322 e. The van der Waals surface area contributed by atoms with Crippen molar-refractivity contribution in [3.8, 4) is 0 Å². The quantitative estimate of drug-likeness (QED) is 0.624. The number of carbonyl (C=O) groups is 2. The van der Waals surface area contributed by atoms with Gasteiger partial charge in [-0.05, 0) is 57.2 Å². The van der Waals surface area contributed by atoms with Gasteiger partial charge in [-0.2, -0.15) is 0 Å². The van der Waals surface area contributed by atoms with Gasteiger partial charge in [0.05, 0.1) is 13.2 Å². The molecule has 24 heavy (non-hydrogen) atoms. The summed E-state index contributed by atoms with van der Waals surface area (Å²) in [6.07, 6.45) is 1.92. The maximum atomic E-state index is 12.8. The lowest BCUT2D eigenvalue weighted by Gasteiger charge is -2.46. The van der Waals surface area contributed by atoms with Crippen LogP contribution in [0, 0.1) is 26.2 Å².